The second kappa shape index (κ2) is 64.7. The largest absolute Gasteiger partial charge is 0.202 e. The Bertz CT molecular complexity index is 12.8. The van der Waals surface area contributed by atoms with E-state index in [1.165, 1.54) is 0 Å². The molecule has 0 bridgehead atoms. The van der Waals surface area contributed by atoms with Crippen molar-refractivity contribution >= 4 is 36.2 Å². The van der Waals surface area contributed by atoms with Crippen LogP contribution in [0.5, 0.6) is 0 Å². The van der Waals surface area contributed by atoms with E-state index in [1.807, 2.05) is 0 Å². The summed E-state index contributed by atoms with van der Waals surface area (Å²) in [6.07, 6.45) is 0. The fraction of sp³-hybridized carbons (Fsp3) is 0. The quantitative estimate of drug-likeness (QED) is 0.342. The van der Waals surface area contributed by atoms with Crippen LogP contribution in [0.25, 0.3) is 0 Å². The van der Waals surface area contributed by atoms with Gasteiger partial charge in [-0.05, 0) is 0 Å². The van der Waals surface area contributed by atoms with E-state index in [0.29, 0.717) is 0 Å². The first-order valence-electron chi connectivity index (χ1n) is 0.258. The van der Waals surface area contributed by atoms with Gasteiger partial charge in [-0.25, -0.2) is 5.26 Å². The van der Waals surface area contributed by atoms with E-state index >= 15 is 0 Å². The molecule has 0 heterocycles. The van der Waals surface area contributed by atoms with Crippen molar-refractivity contribution in [1.82, 2.24) is 0 Å². The van der Waals surface area contributed by atoms with Crippen LogP contribution in [0.2, 0.25) is 0 Å². The smallest absolute Gasteiger partial charge is 0.0462 e. The van der Waals surface area contributed by atoms with Gasteiger partial charge >= 0.3 is 0 Å². The van der Waals surface area contributed by atoms with E-state index in [-0.39, 0.29) is 36.2 Å². The fourth-order valence-electron chi connectivity index (χ4n) is 0. The van der Waals surface area contributed by atoms with Gasteiger partial charge in [-0.3, -0.25) is 0 Å². The van der Waals surface area contributed by atoms with Gasteiger partial charge in [0.2, 0.25) is 0 Å². The van der Waals surface area contributed by atoms with Crippen LogP contribution in [0, 0.1) is 11.8 Å². The second-order valence-corrected chi connectivity index (χ2v) is 0. The van der Waals surface area contributed by atoms with Crippen molar-refractivity contribution in [2.45, 2.75) is 0 Å². The summed E-state index contributed by atoms with van der Waals surface area (Å²) in [6.45, 7) is 3.50. The number of nitrogens with zero attached hydrogens (tertiary/aromatic N) is 1. The van der Waals surface area contributed by atoms with Gasteiger partial charge in [0.05, 0.1) is 0 Å². The van der Waals surface area contributed by atoms with Gasteiger partial charge in [0.15, 0.2) is 0 Å². The van der Waals surface area contributed by atoms with Crippen LogP contribution in [0.4, 0.5) is 0 Å². The van der Waals surface area contributed by atoms with Crippen LogP contribution in [-0.2, 0) is 0 Å². The monoisotopic (exact) mass is 61.0 g/mol. The molecule has 0 spiro atoms. The third-order valence-corrected chi connectivity index (χ3v) is 0. The molecular formula is CHAlLiN. The third-order valence-electron chi connectivity index (χ3n) is 0. The maximum atomic E-state index is 6.50. The molecule has 0 aromatic carbocycles. The third kappa shape index (κ3) is 17.9. The minimum absolute atomic E-state index is 0. The van der Waals surface area contributed by atoms with Gasteiger partial charge in [0.25, 0.3) is 0 Å². The van der Waals surface area contributed by atoms with Crippen molar-refractivity contribution in [3.05, 3.63) is 0 Å². The molecule has 3 heteroatoms. The van der Waals surface area contributed by atoms with Gasteiger partial charge in [-0.15, -0.1) is 0 Å². The average molecular weight is 60.9 g/mol. The van der Waals surface area contributed by atoms with Crippen molar-refractivity contribution in [1.29, 1.82) is 5.26 Å². The minimum atomic E-state index is 0. The Morgan fingerprint density at radius 2 is 1.25 bits per heavy atom. The number of nitriles is 1. The molecule has 0 aromatic heterocycles. The Hall–Kier alpha value is 0.620. The molecule has 0 aliphatic rings. The molecule has 0 rings (SSSR count). The zero-order valence-electron chi connectivity index (χ0n) is 2.60. The standard InChI is InChI=1S/CHN.Al.Li/c1-2;;/h1H;;. The van der Waals surface area contributed by atoms with Crippen LogP contribution in [0.1, 0.15) is 0 Å². The Kier molecular flexibility index (Phi) is 373. The summed E-state index contributed by atoms with van der Waals surface area (Å²) in [4.78, 5) is 0. The van der Waals surface area contributed by atoms with Crippen molar-refractivity contribution in [3.63, 3.8) is 0 Å². The van der Waals surface area contributed by atoms with Crippen molar-refractivity contribution in [3.8, 4) is 6.57 Å². The first-order chi connectivity index (χ1) is 1.00. The molecule has 0 fully saturated rings. The predicted molar refractivity (Wildman–Crippen MR) is 18.2 cm³/mol. The van der Waals surface area contributed by atoms with Crippen LogP contribution in [-0.4, -0.2) is 36.2 Å². The Morgan fingerprint density at radius 1 is 1.25 bits per heavy atom. The Labute approximate surface area is 48.3 Å². The second-order valence-electron chi connectivity index (χ2n) is 0. The molecule has 0 saturated heterocycles. The molecule has 0 atom stereocenters. The Morgan fingerprint density at radius 3 is 1.25 bits per heavy atom. The maximum absolute atomic E-state index is 6.50. The predicted octanol–water partition coefficient (Wildman–Crippen LogP) is -0.622. The maximum Gasteiger partial charge on any atom is 0.0462 e. The molecule has 0 amide bonds. The van der Waals surface area contributed by atoms with E-state index in [2.05, 4.69) is 6.57 Å². The summed E-state index contributed by atoms with van der Waals surface area (Å²) in [6, 6.07) is 0. The van der Waals surface area contributed by atoms with Gasteiger partial charge in [-0.1, -0.05) is 0 Å². The van der Waals surface area contributed by atoms with Crippen molar-refractivity contribution < 1.29 is 0 Å². The SMILES string of the molecule is C#N.[Al].[Li]. The number of hydrogen-bond donors (Lipinski definition) is 0. The zero-order chi connectivity index (χ0) is 2.00. The Balaban J connectivity index is -0.00000000500. The topological polar surface area (TPSA) is 23.8 Å². The van der Waals surface area contributed by atoms with E-state index in [9.17, 15) is 0 Å². The van der Waals surface area contributed by atoms with E-state index in [4.69, 9.17) is 5.26 Å². The normalized spacial score (nSPS) is 0.500. The van der Waals surface area contributed by atoms with Gasteiger partial charge in [0.1, 0.15) is 0 Å². The number of hydrogen-bond acceptors (Lipinski definition) is 1. The van der Waals surface area contributed by atoms with Gasteiger partial charge in [-0.2, -0.15) is 0 Å². The van der Waals surface area contributed by atoms with Crippen LogP contribution < -0.4 is 0 Å². The van der Waals surface area contributed by atoms with Crippen molar-refractivity contribution in [2.75, 3.05) is 0 Å². The van der Waals surface area contributed by atoms with Gasteiger partial charge < -0.3 is 0 Å². The molecule has 0 N–H and O–H groups in total. The summed E-state index contributed by atoms with van der Waals surface area (Å²) in [5.41, 5.74) is 0. The number of rotatable bonds is 0. The molecule has 4 radical (unpaired) electrons. The molecule has 0 saturated carbocycles. The van der Waals surface area contributed by atoms with Crippen LogP contribution in [0.3, 0.4) is 0 Å². The van der Waals surface area contributed by atoms with Crippen LogP contribution >= 0.6 is 0 Å². The van der Waals surface area contributed by atoms with Gasteiger partial charge in [0, 0.05) is 42.8 Å². The molecule has 14 valence electrons. The zero-order valence-corrected chi connectivity index (χ0v) is 3.76. The summed E-state index contributed by atoms with van der Waals surface area (Å²) >= 11 is 0. The molecule has 4 heavy (non-hydrogen) atoms. The van der Waals surface area contributed by atoms with Crippen LogP contribution in [0.15, 0.2) is 0 Å². The first kappa shape index (κ1) is 23.1. The molecular weight excluding hydrogens is 59.9 g/mol. The average Bonchev–Trinajstić information content (AvgIpc) is 1.00. The summed E-state index contributed by atoms with van der Waals surface area (Å²) in [5.74, 6) is 0. The van der Waals surface area contributed by atoms with E-state index in [0.717, 1.165) is 0 Å². The molecule has 0 aliphatic heterocycles. The first-order valence-corrected chi connectivity index (χ1v) is 0.258. The molecule has 0 unspecified atom stereocenters. The van der Waals surface area contributed by atoms with Crippen molar-refractivity contribution in [2.24, 2.45) is 0 Å². The van der Waals surface area contributed by atoms with E-state index < -0.39 is 0 Å². The van der Waals surface area contributed by atoms with E-state index in [1.54, 1.807) is 0 Å². The summed E-state index contributed by atoms with van der Waals surface area (Å²) in [7, 11) is 0. The summed E-state index contributed by atoms with van der Waals surface area (Å²) in [5, 5.41) is 6.50. The molecule has 1 nitrogen and oxygen atoms in total. The molecule has 0 aliphatic carbocycles. The minimum Gasteiger partial charge on any atom is -0.202 e. The molecule has 0 aromatic rings. The fourth-order valence-corrected chi connectivity index (χ4v) is 0. The summed E-state index contributed by atoms with van der Waals surface area (Å²) < 4.78 is 0.